The summed E-state index contributed by atoms with van der Waals surface area (Å²) in [6, 6.07) is 1.72. The van der Waals surface area contributed by atoms with Crippen LogP contribution in [-0.2, 0) is 0 Å². The smallest absolute Gasteiger partial charge is 0.269 e. The van der Waals surface area contributed by atoms with E-state index in [2.05, 4.69) is 35.4 Å². The molecule has 2 N–H and O–H groups in total. The van der Waals surface area contributed by atoms with Gasteiger partial charge >= 0.3 is 0 Å². The number of hydrogen-bond acceptors (Lipinski definition) is 6. The summed E-state index contributed by atoms with van der Waals surface area (Å²) < 4.78 is 0. The number of amides is 1. The Morgan fingerprint density at radius 1 is 1.24 bits per heavy atom. The van der Waals surface area contributed by atoms with Gasteiger partial charge in [0.1, 0.15) is 11.5 Å². The van der Waals surface area contributed by atoms with Crippen LogP contribution < -0.4 is 10.2 Å². The van der Waals surface area contributed by atoms with Crippen LogP contribution in [0.4, 0.5) is 5.95 Å². The van der Waals surface area contributed by atoms with Crippen LogP contribution in [0.3, 0.4) is 0 Å². The van der Waals surface area contributed by atoms with Gasteiger partial charge in [0.2, 0.25) is 5.95 Å². The van der Waals surface area contributed by atoms with E-state index >= 15 is 0 Å². The van der Waals surface area contributed by atoms with E-state index in [4.69, 9.17) is 0 Å². The maximum Gasteiger partial charge on any atom is 0.269 e. The topological polar surface area (TPSA) is 99.7 Å². The Morgan fingerprint density at radius 2 is 2.04 bits per heavy atom. The molecule has 0 bridgehead atoms. The number of nitrogens with zero attached hydrogens (tertiary/aromatic N) is 5. The number of H-pyrrole nitrogens is 1. The molecule has 8 nitrogen and oxygen atoms in total. The van der Waals surface area contributed by atoms with Crippen molar-refractivity contribution < 1.29 is 4.79 Å². The van der Waals surface area contributed by atoms with Gasteiger partial charge in [-0.1, -0.05) is 0 Å². The largest absolute Gasteiger partial charge is 0.354 e. The zero-order valence-corrected chi connectivity index (χ0v) is 14.8. The fourth-order valence-electron chi connectivity index (χ4n) is 3.73. The van der Waals surface area contributed by atoms with E-state index in [0.29, 0.717) is 17.6 Å². The highest BCUT2D eigenvalue weighted by Gasteiger charge is 2.45. The predicted octanol–water partition coefficient (Wildman–Crippen LogP) is 1.20. The monoisotopic (exact) mass is 341 g/mol. The highest BCUT2D eigenvalue weighted by Crippen LogP contribution is 2.47. The van der Waals surface area contributed by atoms with E-state index in [1.165, 1.54) is 12.8 Å². The number of carbonyl (C=O) groups excluding carboxylic acids is 1. The zero-order valence-electron chi connectivity index (χ0n) is 14.8. The van der Waals surface area contributed by atoms with Gasteiger partial charge in [0, 0.05) is 31.7 Å². The molecule has 1 aliphatic heterocycles. The van der Waals surface area contributed by atoms with Crippen LogP contribution in [0.5, 0.6) is 0 Å². The molecule has 2 aliphatic rings. The number of anilines is 1. The second-order valence-electron chi connectivity index (χ2n) is 7.07. The van der Waals surface area contributed by atoms with Crippen LogP contribution in [0.15, 0.2) is 6.07 Å². The third kappa shape index (κ3) is 3.08. The molecule has 2 atom stereocenters. The first-order valence-electron chi connectivity index (χ1n) is 8.76. The first-order chi connectivity index (χ1) is 12.0. The molecule has 3 heterocycles. The van der Waals surface area contributed by atoms with Crippen molar-refractivity contribution in [1.82, 2.24) is 30.5 Å². The second kappa shape index (κ2) is 6.09. The summed E-state index contributed by atoms with van der Waals surface area (Å²) in [5, 5.41) is 9.98. The van der Waals surface area contributed by atoms with Gasteiger partial charge in [-0.25, -0.2) is 15.0 Å². The summed E-state index contributed by atoms with van der Waals surface area (Å²) in [7, 11) is 1.61. The van der Waals surface area contributed by atoms with Crippen molar-refractivity contribution in [3.05, 3.63) is 29.1 Å². The fourth-order valence-corrected chi connectivity index (χ4v) is 3.73. The van der Waals surface area contributed by atoms with Crippen LogP contribution in [0.2, 0.25) is 0 Å². The van der Waals surface area contributed by atoms with Crippen molar-refractivity contribution in [2.75, 3.05) is 25.0 Å². The first-order valence-corrected chi connectivity index (χ1v) is 8.76. The molecule has 0 radical (unpaired) electrons. The van der Waals surface area contributed by atoms with Crippen LogP contribution in [0, 0.1) is 25.7 Å². The van der Waals surface area contributed by atoms with Crippen molar-refractivity contribution in [2.24, 2.45) is 11.8 Å². The van der Waals surface area contributed by atoms with Gasteiger partial charge in [-0.2, -0.15) is 5.10 Å². The van der Waals surface area contributed by atoms with Crippen LogP contribution in [-0.4, -0.2) is 51.2 Å². The fraction of sp³-hybridized carbons (Fsp3) is 0.588. The molecule has 1 amide bonds. The Labute approximate surface area is 146 Å². The lowest BCUT2D eigenvalue weighted by atomic mass is 9.91. The van der Waals surface area contributed by atoms with E-state index in [1.807, 2.05) is 13.8 Å². The third-order valence-electron chi connectivity index (χ3n) is 5.12. The molecule has 4 rings (SSSR count). The maximum absolute atomic E-state index is 12.0. The van der Waals surface area contributed by atoms with E-state index < -0.39 is 0 Å². The summed E-state index contributed by atoms with van der Waals surface area (Å²) in [4.78, 5) is 27.8. The minimum absolute atomic E-state index is 0.189. The lowest BCUT2D eigenvalue weighted by Crippen LogP contribution is -2.26. The third-order valence-corrected chi connectivity index (χ3v) is 5.12. The van der Waals surface area contributed by atoms with Gasteiger partial charge in [-0.15, -0.1) is 0 Å². The van der Waals surface area contributed by atoms with Crippen LogP contribution >= 0.6 is 0 Å². The normalized spacial score (nSPS) is 23.1. The molecule has 0 unspecified atom stereocenters. The summed E-state index contributed by atoms with van der Waals surface area (Å²) in [6.45, 7) is 5.49. The Hall–Kier alpha value is -2.51. The minimum atomic E-state index is -0.189. The molecule has 2 aromatic heterocycles. The molecule has 0 spiro atoms. The molecule has 1 aliphatic carbocycles. The zero-order chi connectivity index (χ0) is 17.6. The maximum atomic E-state index is 12.0. The van der Waals surface area contributed by atoms with E-state index in [0.717, 1.165) is 36.4 Å². The molecule has 0 aromatic carbocycles. The van der Waals surface area contributed by atoms with Gasteiger partial charge < -0.3 is 10.2 Å². The van der Waals surface area contributed by atoms with Crippen molar-refractivity contribution in [3.63, 3.8) is 0 Å². The molecule has 25 heavy (non-hydrogen) atoms. The van der Waals surface area contributed by atoms with Crippen LogP contribution in [0.25, 0.3) is 0 Å². The average Bonchev–Trinajstić information content (AvgIpc) is 3.20. The van der Waals surface area contributed by atoms with Crippen molar-refractivity contribution in [2.45, 2.75) is 32.6 Å². The summed E-state index contributed by atoms with van der Waals surface area (Å²) >= 11 is 0. The number of nitrogens with one attached hydrogen (secondary N) is 2. The van der Waals surface area contributed by atoms with E-state index in [1.54, 1.807) is 13.1 Å². The number of rotatable bonds is 4. The van der Waals surface area contributed by atoms with Crippen molar-refractivity contribution in [3.8, 4) is 0 Å². The molecule has 2 fully saturated rings. The number of carbonyl (C=O) groups is 1. The summed E-state index contributed by atoms with van der Waals surface area (Å²) in [5.41, 5.74) is 1.20. The Morgan fingerprint density at radius 3 is 2.68 bits per heavy atom. The molecule has 8 heteroatoms. The van der Waals surface area contributed by atoms with Gasteiger partial charge in [0.25, 0.3) is 5.91 Å². The molecule has 132 valence electrons. The van der Waals surface area contributed by atoms with Crippen molar-refractivity contribution in [1.29, 1.82) is 0 Å². The SMILES string of the molecule is CNC(=O)c1cc(C)nc(N2C[C@@H](c3n[nH]c(C)n3)[C@H](C3CC3)C2)n1. The number of aromatic amines is 1. The van der Waals surface area contributed by atoms with Gasteiger partial charge in [0.15, 0.2) is 5.82 Å². The Kier molecular flexibility index (Phi) is 3.89. The number of aryl methyl sites for hydroxylation is 2. The van der Waals surface area contributed by atoms with E-state index in [9.17, 15) is 4.79 Å². The first kappa shape index (κ1) is 16.0. The Bertz CT molecular complexity index is 798. The highest BCUT2D eigenvalue weighted by atomic mass is 16.1. The molecule has 2 aromatic rings. The van der Waals surface area contributed by atoms with Gasteiger partial charge in [-0.05, 0) is 44.6 Å². The predicted molar refractivity (Wildman–Crippen MR) is 92.4 cm³/mol. The molecular weight excluding hydrogens is 318 g/mol. The highest BCUT2D eigenvalue weighted by molar-refractivity contribution is 5.92. The lowest BCUT2D eigenvalue weighted by Gasteiger charge is -2.17. The van der Waals surface area contributed by atoms with Gasteiger partial charge in [-0.3, -0.25) is 9.89 Å². The van der Waals surface area contributed by atoms with E-state index in [-0.39, 0.29) is 11.8 Å². The lowest BCUT2D eigenvalue weighted by molar-refractivity contribution is 0.0958. The van der Waals surface area contributed by atoms with Crippen molar-refractivity contribution >= 4 is 11.9 Å². The summed E-state index contributed by atoms with van der Waals surface area (Å²) in [5.74, 6) is 3.70. The van der Waals surface area contributed by atoms with Crippen LogP contribution in [0.1, 0.15) is 46.6 Å². The Balaban J connectivity index is 1.63. The number of hydrogen-bond donors (Lipinski definition) is 2. The second-order valence-corrected chi connectivity index (χ2v) is 7.07. The quantitative estimate of drug-likeness (QED) is 0.867. The average molecular weight is 341 g/mol. The molecule has 1 saturated carbocycles. The standard InChI is InChI=1S/C17H23N7O/c1-9-6-14(16(25)18-3)21-17(19-9)24-7-12(11-4-5-11)13(8-24)15-20-10(2)22-23-15/h6,11-13H,4-5,7-8H2,1-3H3,(H,18,25)(H,20,22,23)/t12-,13+/m0/s1. The minimum Gasteiger partial charge on any atom is -0.354 e. The number of aromatic nitrogens is 5. The molecule has 1 saturated heterocycles. The van der Waals surface area contributed by atoms with Gasteiger partial charge in [0.05, 0.1) is 0 Å². The molecular formula is C17H23N7O. The summed E-state index contributed by atoms with van der Waals surface area (Å²) in [6.07, 6.45) is 2.55.